The molecule has 22 heavy (non-hydrogen) atoms. The van der Waals surface area contributed by atoms with Crippen LogP contribution in [0, 0.1) is 0 Å². The van der Waals surface area contributed by atoms with Crippen LogP contribution in [-0.4, -0.2) is 16.3 Å². The smallest absolute Gasteiger partial charge is 0.168 e. The molecule has 0 atom stereocenters. The standard InChI is InChI=1S/C18H11BrN2O/c19-12-7-5-11(6-8-12)17-18-15(9-13(10-22)20-17)14-3-1-2-4-16(14)21-18/h1-10,21H. The maximum atomic E-state index is 11.3. The zero-order valence-electron chi connectivity index (χ0n) is 11.5. The molecule has 0 aliphatic heterocycles. The van der Waals surface area contributed by atoms with E-state index in [1.165, 1.54) is 0 Å². The van der Waals surface area contributed by atoms with Crippen molar-refractivity contribution in [3.8, 4) is 11.3 Å². The average Bonchev–Trinajstić information content (AvgIpc) is 2.93. The lowest BCUT2D eigenvalue weighted by Gasteiger charge is -2.04. The molecule has 2 heterocycles. The summed E-state index contributed by atoms with van der Waals surface area (Å²) in [5.74, 6) is 0. The van der Waals surface area contributed by atoms with E-state index in [2.05, 4.69) is 25.9 Å². The average molecular weight is 351 g/mol. The lowest BCUT2D eigenvalue weighted by molar-refractivity contribution is 0.111. The van der Waals surface area contributed by atoms with Crippen molar-refractivity contribution in [3.63, 3.8) is 0 Å². The van der Waals surface area contributed by atoms with Gasteiger partial charge in [-0.25, -0.2) is 4.98 Å². The Kier molecular flexibility index (Phi) is 3.05. The third kappa shape index (κ3) is 2.04. The van der Waals surface area contributed by atoms with Gasteiger partial charge in [-0.3, -0.25) is 4.79 Å². The van der Waals surface area contributed by atoms with Crippen LogP contribution in [0.25, 0.3) is 33.1 Å². The summed E-state index contributed by atoms with van der Waals surface area (Å²) in [4.78, 5) is 19.2. The minimum absolute atomic E-state index is 0.440. The molecule has 0 spiro atoms. The number of nitrogens with zero attached hydrogens (tertiary/aromatic N) is 1. The van der Waals surface area contributed by atoms with Crippen LogP contribution in [0.3, 0.4) is 0 Å². The van der Waals surface area contributed by atoms with Crippen molar-refractivity contribution in [2.24, 2.45) is 0 Å². The van der Waals surface area contributed by atoms with E-state index in [1.54, 1.807) is 0 Å². The van der Waals surface area contributed by atoms with E-state index in [0.717, 1.165) is 43.8 Å². The number of rotatable bonds is 2. The van der Waals surface area contributed by atoms with E-state index in [4.69, 9.17) is 0 Å². The summed E-state index contributed by atoms with van der Waals surface area (Å²) in [6.45, 7) is 0. The first-order chi connectivity index (χ1) is 10.8. The number of aromatic amines is 1. The van der Waals surface area contributed by atoms with Crippen LogP contribution < -0.4 is 0 Å². The molecule has 1 N–H and O–H groups in total. The number of aldehydes is 1. The van der Waals surface area contributed by atoms with Gasteiger partial charge in [0.1, 0.15) is 5.69 Å². The summed E-state index contributed by atoms with van der Waals surface area (Å²) in [6, 6.07) is 17.8. The van der Waals surface area contributed by atoms with E-state index in [-0.39, 0.29) is 0 Å². The molecule has 0 aliphatic rings. The molecule has 0 fully saturated rings. The van der Waals surface area contributed by atoms with Gasteiger partial charge in [-0.2, -0.15) is 0 Å². The summed E-state index contributed by atoms with van der Waals surface area (Å²) < 4.78 is 1.01. The maximum Gasteiger partial charge on any atom is 0.168 e. The third-order valence-electron chi connectivity index (χ3n) is 3.75. The van der Waals surface area contributed by atoms with Crippen molar-refractivity contribution in [2.45, 2.75) is 0 Å². The van der Waals surface area contributed by atoms with Crippen molar-refractivity contribution in [3.05, 3.63) is 64.8 Å². The van der Waals surface area contributed by atoms with Gasteiger partial charge in [-0.15, -0.1) is 0 Å². The van der Waals surface area contributed by atoms with Gasteiger partial charge in [-0.05, 0) is 24.3 Å². The lowest BCUT2D eigenvalue weighted by Crippen LogP contribution is -1.92. The number of halogens is 1. The molecule has 106 valence electrons. The molecular formula is C18H11BrN2O. The monoisotopic (exact) mass is 350 g/mol. The summed E-state index contributed by atoms with van der Waals surface area (Å²) in [6.07, 6.45) is 0.795. The van der Waals surface area contributed by atoms with Gasteiger partial charge in [0, 0.05) is 26.3 Å². The summed E-state index contributed by atoms with van der Waals surface area (Å²) in [5.41, 5.74) is 4.21. The van der Waals surface area contributed by atoms with Crippen molar-refractivity contribution in [1.29, 1.82) is 0 Å². The Morgan fingerprint density at radius 2 is 1.77 bits per heavy atom. The molecule has 0 bridgehead atoms. The Labute approximate surface area is 135 Å². The summed E-state index contributed by atoms with van der Waals surface area (Å²) in [7, 11) is 0. The van der Waals surface area contributed by atoms with Crippen LogP contribution >= 0.6 is 15.9 Å². The van der Waals surface area contributed by atoms with Gasteiger partial charge in [-0.1, -0.05) is 46.3 Å². The number of aromatic nitrogens is 2. The summed E-state index contributed by atoms with van der Waals surface area (Å²) >= 11 is 3.44. The van der Waals surface area contributed by atoms with Gasteiger partial charge in [0.05, 0.1) is 11.2 Å². The second kappa shape index (κ2) is 5.07. The summed E-state index contributed by atoms with van der Waals surface area (Å²) in [5, 5.41) is 2.12. The number of benzene rings is 2. The van der Waals surface area contributed by atoms with Gasteiger partial charge in [0.25, 0.3) is 0 Å². The van der Waals surface area contributed by atoms with E-state index >= 15 is 0 Å². The van der Waals surface area contributed by atoms with Gasteiger partial charge in [0.2, 0.25) is 0 Å². The van der Waals surface area contributed by atoms with E-state index in [1.807, 2.05) is 54.6 Å². The molecule has 4 heteroatoms. The first-order valence-corrected chi connectivity index (χ1v) is 7.68. The number of pyridine rings is 1. The SMILES string of the molecule is O=Cc1cc2c([nH]c3ccccc32)c(-c2ccc(Br)cc2)n1. The Morgan fingerprint density at radius 1 is 1.00 bits per heavy atom. The molecule has 0 radical (unpaired) electrons. The molecule has 0 saturated carbocycles. The first-order valence-electron chi connectivity index (χ1n) is 6.89. The van der Waals surface area contributed by atoms with Crippen LogP contribution in [0.1, 0.15) is 10.5 Å². The Morgan fingerprint density at radius 3 is 2.55 bits per heavy atom. The molecule has 3 nitrogen and oxygen atoms in total. The maximum absolute atomic E-state index is 11.3. The molecule has 2 aromatic carbocycles. The molecule has 0 saturated heterocycles. The van der Waals surface area contributed by atoms with Crippen LogP contribution in [-0.2, 0) is 0 Å². The molecule has 4 aromatic rings. The second-order valence-corrected chi connectivity index (χ2v) is 6.03. The number of fused-ring (bicyclic) bond motifs is 3. The largest absolute Gasteiger partial charge is 0.353 e. The Bertz CT molecular complexity index is 1000. The van der Waals surface area contributed by atoms with Gasteiger partial charge >= 0.3 is 0 Å². The predicted octanol–water partition coefficient (Wildman–Crippen LogP) is 4.96. The number of hydrogen-bond acceptors (Lipinski definition) is 2. The number of carbonyl (C=O) groups excluding carboxylic acids is 1. The number of H-pyrrole nitrogens is 1. The molecular weight excluding hydrogens is 340 g/mol. The minimum atomic E-state index is 0.440. The fraction of sp³-hybridized carbons (Fsp3) is 0. The van der Waals surface area contributed by atoms with Crippen molar-refractivity contribution < 1.29 is 4.79 Å². The molecule has 0 amide bonds. The van der Waals surface area contributed by atoms with Crippen molar-refractivity contribution >= 4 is 44.0 Å². The zero-order chi connectivity index (χ0) is 15.1. The lowest BCUT2D eigenvalue weighted by atomic mass is 10.1. The van der Waals surface area contributed by atoms with Crippen LogP contribution in [0.5, 0.6) is 0 Å². The van der Waals surface area contributed by atoms with Crippen LogP contribution in [0.15, 0.2) is 59.1 Å². The van der Waals surface area contributed by atoms with E-state index in [9.17, 15) is 4.79 Å². The number of para-hydroxylation sites is 1. The highest BCUT2D eigenvalue weighted by atomic mass is 79.9. The quantitative estimate of drug-likeness (QED) is 0.519. The number of carbonyl (C=O) groups is 1. The van der Waals surface area contributed by atoms with Crippen molar-refractivity contribution in [2.75, 3.05) is 0 Å². The predicted molar refractivity (Wildman–Crippen MR) is 92.1 cm³/mol. The normalized spacial score (nSPS) is 11.1. The van der Waals surface area contributed by atoms with Crippen LogP contribution in [0.4, 0.5) is 0 Å². The molecule has 2 aromatic heterocycles. The van der Waals surface area contributed by atoms with Crippen LogP contribution in [0.2, 0.25) is 0 Å². The number of hydrogen-bond donors (Lipinski definition) is 1. The van der Waals surface area contributed by atoms with E-state index in [0.29, 0.717) is 5.69 Å². The van der Waals surface area contributed by atoms with E-state index < -0.39 is 0 Å². The highest BCUT2D eigenvalue weighted by Crippen LogP contribution is 2.32. The highest BCUT2D eigenvalue weighted by Gasteiger charge is 2.13. The molecule has 0 aliphatic carbocycles. The Hall–Kier alpha value is -2.46. The molecule has 0 unspecified atom stereocenters. The zero-order valence-corrected chi connectivity index (χ0v) is 13.1. The Balaban J connectivity index is 2.12. The highest BCUT2D eigenvalue weighted by molar-refractivity contribution is 9.10. The number of nitrogens with one attached hydrogen (secondary N) is 1. The fourth-order valence-electron chi connectivity index (χ4n) is 2.74. The van der Waals surface area contributed by atoms with Gasteiger partial charge < -0.3 is 4.98 Å². The van der Waals surface area contributed by atoms with Gasteiger partial charge in [0.15, 0.2) is 6.29 Å². The fourth-order valence-corrected chi connectivity index (χ4v) is 3.01. The third-order valence-corrected chi connectivity index (χ3v) is 4.28. The first kappa shape index (κ1) is 13.2. The van der Waals surface area contributed by atoms with Crippen molar-refractivity contribution in [1.82, 2.24) is 9.97 Å². The minimum Gasteiger partial charge on any atom is -0.353 e. The topological polar surface area (TPSA) is 45.8 Å². The second-order valence-electron chi connectivity index (χ2n) is 5.11. The molecule has 4 rings (SSSR count).